The van der Waals surface area contributed by atoms with Gasteiger partial charge in [-0.1, -0.05) is 6.92 Å². The molecular weight excluding hydrogens is 232 g/mol. The van der Waals surface area contributed by atoms with Crippen molar-refractivity contribution in [3.63, 3.8) is 0 Å². The number of rotatable bonds is 6. The Bertz CT molecular complexity index is 286. The van der Waals surface area contributed by atoms with E-state index in [2.05, 4.69) is 0 Å². The smallest absolute Gasteiger partial charge is 0.303 e. The van der Waals surface area contributed by atoms with E-state index in [1.807, 2.05) is 11.8 Å². The lowest BCUT2D eigenvalue weighted by molar-refractivity contribution is -0.138. The number of hydrogen-bond acceptors (Lipinski definition) is 3. The van der Waals surface area contributed by atoms with Crippen LogP contribution in [0.15, 0.2) is 0 Å². The molecule has 5 nitrogen and oxygen atoms in total. The number of aliphatic carboxylic acids is 1. The molecule has 104 valence electrons. The maximum Gasteiger partial charge on any atom is 0.303 e. The molecule has 1 saturated heterocycles. The maximum absolute atomic E-state index is 11.9. The van der Waals surface area contributed by atoms with Crippen LogP contribution in [0, 0.1) is 11.8 Å². The van der Waals surface area contributed by atoms with E-state index in [-0.39, 0.29) is 18.2 Å². The first-order valence-electron chi connectivity index (χ1n) is 6.72. The van der Waals surface area contributed by atoms with Crippen LogP contribution in [-0.4, -0.2) is 41.5 Å². The number of nitrogens with two attached hydrogens (primary N) is 1. The van der Waals surface area contributed by atoms with Gasteiger partial charge in [0.15, 0.2) is 0 Å². The zero-order valence-corrected chi connectivity index (χ0v) is 11.1. The van der Waals surface area contributed by atoms with Crippen LogP contribution >= 0.6 is 0 Å². The summed E-state index contributed by atoms with van der Waals surface area (Å²) in [6.07, 6.45) is 3.35. The molecule has 0 aromatic heterocycles. The van der Waals surface area contributed by atoms with Crippen LogP contribution in [0.1, 0.15) is 39.0 Å². The standard InChI is InChI=1S/C13H24N2O3/c1-10(9-14)8-12(16)15-6-4-11(5-7-15)2-3-13(17)18/h10-11H,2-9,14H2,1H3,(H,17,18). The minimum Gasteiger partial charge on any atom is -0.481 e. The molecule has 1 heterocycles. The zero-order valence-electron chi connectivity index (χ0n) is 11.1. The molecule has 0 aromatic carbocycles. The first-order chi connectivity index (χ1) is 8.52. The predicted molar refractivity (Wildman–Crippen MR) is 69.0 cm³/mol. The molecule has 0 saturated carbocycles. The SMILES string of the molecule is CC(CN)CC(=O)N1CCC(CCC(=O)O)CC1. The topological polar surface area (TPSA) is 83.6 Å². The fraction of sp³-hybridized carbons (Fsp3) is 0.846. The normalized spacial score (nSPS) is 18.7. The average molecular weight is 256 g/mol. The van der Waals surface area contributed by atoms with E-state index in [0.717, 1.165) is 32.4 Å². The Morgan fingerprint density at radius 1 is 1.39 bits per heavy atom. The molecule has 1 amide bonds. The highest BCUT2D eigenvalue weighted by atomic mass is 16.4. The summed E-state index contributed by atoms with van der Waals surface area (Å²) in [6.45, 7) is 4.05. The van der Waals surface area contributed by atoms with Crippen LogP contribution in [0.4, 0.5) is 0 Å². The Hall–Kier alpha value is -1.10. The van der Waals surface area contributed by atoms with Gasteiger partial charge in [0.25, 0.3) is 0 Å². The minimum atomic E-state index is -0.731. The largest absolute Gasteiger partial charge is 0.481 e. The molecule has 1 atom stereocenters. The van der Waals surface area contributed by atoms with Gasteiger partial charge in [-0.25, -0.2) is 0 Å². The lowest BCUT2D eigenvalue weighted by Crippen LogP contribution is -2.39. The van der Waals surface area contributed by atoms with Gasteiger partial charge in [-0.05, 0) is 37.6 Å². The van der Waals surface area contributed by atoms with Gasteiger partial charge in [0.2, 0.25) is 5.91 Å². The summed E-state index contributed by atoms with van der Waals surface area (Å²) in [4.78, 5) is 24.3. The number of amides is 1. The monoisotopic (exact) mass is 256 g/mol. The van der Waals surface area contributed by atoms with Crippen LogP contribution in [0.3, 0.4) is 0 Å². The van der Waals surface area contributed by atoms with Gasteiger partial charge in [-0.2, -0.15) is 0 Å². The van der Waals surface area contributed by atoms with E-state index in [0.29, 0.717) is 18.9 Å². The first-order valence-corrected chi connectivity index (χ1v) is 6.72. The van der Waals surface area contributed by atoms with Crippen LogP contribution < -0.4 is 5.73 Å². The summed E-state index contributed by atoms with van der Waals surface area (Å²) in [5.74, 6) is 0.147. The number of carbonyl (C=O) groups is 2. The summed E-state index contributed by atoms with van der Waals surface area (Å²) < 4.78 is 0. The molecule has 1 unspecified atom stereocenters. The lowest BCUT2D eigenvalue weighted by Gasteiger charge is -2.32. The van der Waals surface area contributed by atoms with Crippen molar-refractivity contribution in [2.75, 3.05) is 19.6 Å². The molecular formula is C13H24N2O3. The summed E-state index contributed by atoms with van der Waals surface area (Å²) in [5.41, 5.74) is 5.51. The number of carbonyl (C=O) groups excluding carboxylic acids is 1. The van der Waals surface area contributed by atoms with E-state index in [1.54, 1.807) is 0 Å². The van der Waals surface area contributed by atoms with Crippen molar-refractivity contribution in [2.45, 2.75) is 39.0 Å². The fourth-order valence-corrected chi connectivity index (χ4v) is 2.31. The number of likely N-dealkylation sites (tertiary alicyclic amines) is 1. The predicted octanol–water partition coefficient (Wildman–Crippen LogP) is 1.07. The molecule has 1 aliphatic heterocycles. The fourth-order valence-electron chi connectivity index (χ4n) is 2.31. The maximum atomic E-state index is 11.9. The van der Waals surface area contributed by atoms with E-state index >= 15 is 0 Å². The average Bonchev–Trinajstić information content (AvgIpc) is 2.36. The molecule has 0 bridgehead atoms. The Kier molecular flexibility index (Phi) is 6.12. The van der Waals surface area contributed by atoms with Crippen LogP contribution in [0.5, 0.6) is 0 Å². The molecule has 18 heavy (non-hydrogen) atoms. The Balaban J connectivity index is 2.26. The Morgan fingerprint density at radius 3 is 2.50 bits per heavy atom. The first kappa shape index (κ1) is 15.0. The third-order valence-corrected chi connectivity index (χ3v) is 3.66. The molecule has 0 spiro atoms. The molecule has 0 aliphatic carbocycles. The summed E-state index contributed by atoms with van der Waals surface area (Å²) in [7, 11) is 0. The van der Waals surface area contributed by atoms with Gasteiger partial charge in [-0.3, -0.25) is 9.59 Å². The Morgan fingerprint density at radius 2 is 2.00 bits per heavy atom. The van der Waals surface area contributed by atoms with Crippen molar-refractivity contribution in [1.82, 2.24) is 4.90 Å². The van der Waals surface area contributed by atoms with Gasteiger partial charge < -0.3 is 15.7 Å². The van der Waals surface area contributed by atoms with E-state index < -0.39 is 5.97 Å². The number of carboxylic acids is 1. The second-order valence-corrected chi connectivity index (χ2v) is 5.30. The van der Waals surface area contributed by atoms with Crippen molar-refractivity contribution < 1.29 is 14.7 Å². The number of hydrogen-bond donors (Lipinski definition) is 2. The molecule has 3 N–H and O–H groups in total. The molecule has 0 radical (unpaired) electrons. The van der Waals surface area contributed by atoms with Crippen molar-refractivity contribution in [3.05, 3.63) is 0 Å². The Labute approximate surface area is 108 Å². The molecule has 1 aliphatic rings. The molecule has 1 rings (SSSR count). The highest BCUT2D eigenvalue weighted by Gasteiger charge is 2.23. The second-order valence-electron chi connectivity index (χ2n) is 5.30. The van der Waals surface area contributed by atoms with Crippen LogP contribution in [0.25, 0.3) is 0 Å². The molecule has 5 heteroatoms. The molecule has 0 aromatic rings. The van der Waals surface area contributed by atoms with E-state index in [4.69, 9.17) is 10.8 Å². The van der Waals surface area contributed by atoms with Gasteiger partial charge in [0.05, 0.1) is 0 Å². The number of nitrogens with zero attached hydrogens (tertiary/aromatic N) is 1. The summed E-state index contributed by atoms with van der Waals surface area (Å²) >= 11 is 0. The summed E-state index contributed by atoms with van der Waals surface area (Å²) in [6, 6.07) is 0. The third-order valence-electron chi connectivity index (χ3n) is 3.66. The van der Waals surface area contributed by atoms with Crippen molar-refractivity contribution >= 4 is 11.9 Å². The summed E-state index contributed by atoms with van der Waals surface area (Å²) in [5, 5.41) is 8.63. The highest BCUT2D eigenvalue weighted by molar-refractivity contribution is 5.76. The van der Waals surface area contributed by atoms with Crippen LogP contribution in [-0.2, 0) is 9.59 Å². The van der Waals surface area contributed by atoms with E-state index in [9.17, 15) is 9.59 Å². The second kappa shape index (κ2) is 7.36. The van der Waals surface area contributed by atoms with Gasteiger partial charge in [0.1, 0.15) is 0 Å². The minimum absolute atomic E-state index is 0.185. The van der Waals surface area contributed by atoms with Crippen molar-refractivity contribution in [1.29, 1.82) is 0 Å². The van der Waals surface area contributed by atoms with Gasteiger partial charge >= 0.3 is 5.97 Å². The zero-order chi connectivity index (χ0) is 13.5. The lowest BCUT2D eigenvalue weighted by atomic mass is 9.92. The molecule has 1 fully saturated rings. The quantitative estimate of drug-likeness (QED) is 0.744. The number of piperidine rings is 1. The highest BCUT2D eigenvalue weighted by Crippen LogP contribution is 2.22. The van der Waals surface area contributed by atoms with Gasteiger partial charge in [0, 0.05) is 25.9 Å². The van der Waals surface area contributed by atoms with Gasteiger partial charge in [-0.15, -0.1) is 0 Å². The van der Waals surface area contributed by atoms with Crippen molar-refractivity contribution in [2.24, 2.45) is 17.6 Å². The number of carboxylic acid groups (broad SMARTS) is 1. The third kappa shape index (κ3) is 5.04. The van der Waals surface area contributed by atoms with Crippen molar-refractivity contribution in [3.8, 4) is 0 Å². The van der Waals surface area contributed by atoms with Crippen LogP contribution in [0.2, 0.25) is 0 Å². The van der Waals surface area contributed by atoms with E-state index in [1.165, 1.54) is 0 Å².